The minimum Gasteiger partial charge on any atom is -0.337 e. The molecule has 3 heterocycles. The fraction of sp³-hybridized carbons (Fsp3) is 0.444. The van der Waals surface area contributed by atoms with Crippen molar-refractivity contribution in [2.45, 2.75) is 25.4 Å². The molecule has 1 aliphatic heterocycles. The number of halogens is 6. The lowest BCUT2D eigenvalue weighted by atomic mass is 10.1. The number of nitrogens with zero attached hydrogens (tertiary/aromatic N) is 4. The van der Waals surface area contributed by atoms with Gasteiger partial charge in [0.05, 0.1) is 5.56 Å². The first kappa shape index (κ1) is 24.3. The van der Waals surface area contributed by atoms with E-state index in [0.717, 1.165) is 6.20 Å². The van der Waals surface area contributed by atoms with Crippen LogP contribution in [0, 0.1) is 0 Å². The Balaban J connectivity index is 1.52. The maximum Gasteiger partial charge on any atom is 0.421 e. The zero-order valence-corrected chi connectivity index (χ0v) is 17.0. The van der Waals surface area contributed by atoms with Gasteiger partial charge in [-0.05, 0) is 13.0 Å². The highest BCUT2D eigenvalue weighted by Crippen LogP contribution is 2.29. The average Bonchev–Trinajstić information content (AvgIpc) is 2.76. The van der Waals surface area contributed by atoms with Crippen molar-refractivity contribution in [2.24, 2.45) is 0 Å². The molecule has 2 aromatic heterocycles. The molecular weight excluding hydrogens is 462 g/mol. The summed E-state index contributed by atoms with van der Waals surface area (Å²) in [6, 6.07) is -0.0197. The van der Waals surface area contributed by atoms with Gasteiger partial charge in [-0.15, -0.1) is 0 Å². The van der Waals surface area contributed by atoms with E-state index in [1.807, 2.05) is 4.98 Å². The number of carbonyl (C=O) groups excluding carboxylic acids is 1. The summed E-state index contributed by atoms with van der Waals surface area (Å²) in [6.45, 7) is 2.20. The number of nitrogens with one attached hydrogen (secondary N) is 2. The van der Waals surface area contributed by atoms with E-state index in [4.69, 9.17) is 4.84 Å². The van der Waals surface area contributed by atoms with Gasteiger partial charge in [0, 0.05) is 50.3 Å². The van der Waals surface area contributed by atoms with E-state index in [-0.39, 0.29) is 37.7 Å². The van der Waals surface area contributed by atoms with Crippen LogP contribution in [0.5, 0.6) is 0 Å². The van der Waals surface area contributed by atoms with Crippen molar-refractivity contribution in [1.82, 2.24) is 25.3 Å². The highest BCUT2D eigenvalue weighted by Gasteiger charge is 2.35. The van der Waals surface area contributed by atoms with Gasteiger partial charge in [-0.3, -0.25) is 9.63 Å². The summed E-state index contributed by atoms with van der Waals surface area (Å²) in [5, 5.41) is 0. The number of H-pyrrole nitrogens is 1. The smallest absolute Gasteiger partial charge is 0.337 e. The molecule has 1 aliphatic rings. The van der Waals surface area contributed by atoms with Crippen LogP contribution in [0.3, 0.4) is 0 Å². The summed E-state index contributed by atoms with van der Waals surface area (Å²) < 4.78 is 76.4. The fourth-order valence-electron chi connectivity index (χ4n) is 2.96. The second-order valence-corrected chi connectivity index (χ2v) is 7.08. The lowest BCUT2D eigenvalue weighted by Crippen LogP contribution is -2.52. The Hall–Kier alpha value is -3.36. The van der Waals surface area contributed by atoms with Gasteiger partial charge in [0.25, 0.3) is 5.56 Å². The van der Waals surface area contributed by atoms with Crippen molar-refractivity contribution < 1.29 is 36.0 Å². The summed E-state index contributed by atoms with van der Waals surface area (Å²) in [4.78, 5) is 41.1. The van der Waals surface area contributed by atoms with Gasteiger partial charge in [0.2, 0.25) is 5.95 Å². The van der Waals surface area contributed by atoms with E-state index in [1.54, 1.807) is 4.90 Å². The van der Waals surface area contributed by atoms with Crippen LogP contribution in [0.4, 0.5) is 37.1 Å². The number of pyridine rings is 1. The first-order valence-electron chi connectivity index (χ1n) is 9.51. The number of hydrogen-bond acceptors (Lipinski definition) is 6. The van der Waals surface area contributed by atoms with Crippen LogP contribution in [0.2, 0.25) is 0 Å². The third-order valence-corrected chi connectivity index (χ3v) is 4.84. The van der Waals surface area contributed by atoms with Crippen LogP contribution in [0.1, 0.15) is 29.7 Å². The molecule has 0 spiro atoms. The van der Waals surface area contributed by atoms with Crippen molar-refractivity contribution in [3.63, 3.8) is 0 Å². The average molecular weight is 480 g/mol. The topological polar surface area (TPSA) is 103 Å². The van der Waals surface area contributed by atoms with Gasteiger partial charge in [0.1, 0.15) is 11.7 Å². The molecule has 180 valence electrons. The van der Waals surface area contributed by atoms with Crippen LogP contribution >= 0.6 is 0 Å². The number of carbonyl (C=O) groups is 1. The Labute approximate surface area is 182 Å². The maximum atomic E-state index is 12.9. The van der Waals surface area contributed by atoms with E-state index < -0.39 is 41.2 Å². The molecule has 1 fully saturated rings. The standard InChI is InChI=1S/C18H18F6N6O3/c1-10(11-6-13(18(22,23)24)14(31)25-7-11)33-28-16(32)30-4-2-29(3-5-30)15-26-8-12(9-27-15)17(19,20)21/h6-10H,2-5H2,1H3,(H,25,31)(H,28,32)/t10-/m0/s1. The second-order valence-electron chi connectivity index (χ2n) is 7.08. The van der Waals surface area contributed by atoms with Crippen LogP contribution in [-0.4, -0.2) is 52.1 Å². The molecule has 1 saturated heterocycles. The summed E-state index contributed by atoms with van der Waals surface area (Å²) >= 11 is 0. The number of anilines is 1. The molecule has 33 heavy (non-hydrogen) atoms. The normalized spacial score (nSPS) is 16.0. The molecule has 2 amide bonds. The SMILES string of the molecule is C[C@H](ONC(=O)N1CCN(c2ncc(C(F)(F)F)cn2)CC1)c1c[nH]c(=O)c(C(F)(F)F)c1. The van der Waals surface area contributed by atoms with Gasteiger partial charge in [-0.2, -0.15) is 26.3 Å². The zero-order chi connectivity index (χ0) is 24.4. The molecular formula is C18H18F6N6O3. The van der Waals surface area contributed by atoms with E-state index in [0.29, 0.717) is 18.5 Å². The highest BCUT2D eigenvalue weighted by molar-refractivity contribution is 5.73. The third kappa shape index (κ3) is 5.91. The van der Waals surface area contributed by atoms with Gasteiger partial charge < -0.3 is 14.8 Å². The van der Waals surface area contributed by atoms with Crippen LogP contribution in [0.25, 0.3) is 0 Å². The van der Waals surface area contributed by atoms with Gasteiger partial charge in [-0.1, -0.05) is 0 Å². The molecule has 0 unspecified atom stereocenters. The van der Waals surface area contributed by atoms with E-state index in [9.17, 15) is 35.9 Å². The lowest BCUT2D eigenvalue weighted by Gasteiger charge is -2.34. The molecule has 0 bridgehead atoms. The summed E-state index contributed by atoms with van der Waals surface area (Å²) in [6.07, 6.45) is -7.99. The molecule has 9 nitrogen and oxygen atoms in total. The Morgan fingerprint density at radius 1 is 1.09 bits per heavy atom. The maximum absolute atomic E-state index is 12.9. The molecule has 0 saturated carbocycles. The summed E-state index contributed by atoms with van der Waals surface area (Å²) in [5.74, 6) is 0.0893. The summed E-state index contributed by atoms with van der Waals surface area (Å²) in [5.41, 5.74) is -1.52. The van der Waals surface area contributed by atoms with E-state index in [1.165, 1.54) is 11.8 Å². The number of urea groups is 1. The predicted molar refractivity (Wildman–Crippen MR) is 101 cm³/mol. The monoisotopic (exact) mass is 480 g/mol. The number of aromatic nitrogens is 3. The number of rotatable bonds is 4. The number of alkyl halides is 6. The van der Waals surface area contributed by atoms with Crippen LogP contribution in [0.15, 0.2) is 29.5 Å². The number of amides is 2. The van der Waals surface area contributed by atoms with Gasteiger partial charge >= 0.3 is 18.4 Å². The van der Waals surface area contributed by atoms with Crippen molar-refractivity contribution in [2.75, 3.05) is 31.1 Å². The highest BCUT2D eigenvalue weighted by atomic mass is 19.4. The Kier molecular flexibility index (Phi) is 6.81. The molecule has 1 atom stereocenters. The minimum absolute atomic E-state index is 0.00787. The summed E-state index contributed by atoms with van der Waals surface area (Å²) in [7, 11) is 0. The third-order valence-electron chi connectivity index (χ3n) is 4.84. The zero-order valence-electron chi connectivity index (χ0n) is 17.0. The number of piperazine rings is 1. The van der Waals surface area contributed by atoms with E-state index >= 15 is 0 Å². The first-order valence-corrected chi connectivity index (χ1v) is 9.51. The van der Waals surface area contributed by atoms with Gasteiger partial charge in [-0.25, -0.2) is 20.2 Å². The first-order chi connectivity index (χ1) is 15.4. The van der Waals surface area contributed by atoms with Crippen molar-refractivity contribution in [3.8, 4) is 0 Å². The minimum atomic E-state index is -4.84. The van der Waals surface area contributed by atoms with Crippen LogP contribution < -0.4 is 15.9 Å². The quantitative estimate of drug-likeness (QED) is 0.516. The number of hydroxylamine groups is 1. The molecule has 0 aromatic carbocycles. The molecule has 2 N–H and O–H groups in total. The van der Waals surface area contributed by atoms with Crippen molar-refractivity contribution in [3.05, 3.63) is 51.7 Å². The Bertz CT molecular complexity index is 1030. The fourth-order valence-corrected chi connectivity index (χ4v) is 2.96. The van der Waals surface area contributed by atoms with E-state index in [2.05, 4.69) is 15.4 Å². The Morgan fingerprint density at radius 3 is 2.24 bits per heavy atom. The Morgan fingerprint density at radius 2 is 1.70 bits per heavy atom. The molecule has 0 radical (unpaired) electrons. The van der Waals surface area contributed by atoms with Gasteiger partial charge in [0.15, 0.2) is 0 Å². The van der Waals surface area contributed by atoms with Crippen molar-refractivity contribution >= 4 is 12.0 Å². The number of hydrogen-bond donors (Lipinski definition) is 2. The number of aromatic amines is 1. The van der Waals surface area contributed by atoms with Crippen molar-refractivity contribution in [1.29, 1.82) is 0 Å². The molecule has 2 aromatic rings. The molecule has 0 aliphatic carbocycles. The van der Waals surface area contributed by atoms with Crippen LogP contribution in [-0.2, 0) is 17.2 Å². The molecule has 3 rings (SSSR count). The second kappa shape index (κ2) is 9.25. The largest absolute Gasteiger partial charge is 0.421 e. The molecule has 15 heteroatoms. The predicted octanol–water partition coefficient (Wildman–Crippen LogP) is 2.73. The lowest BCUT2D eigenvalue weighted by molar-refractivity contribution is -0.139.